The Morgan fingerprint density at radius 2 is 2.12 bits per heavy atom. The van der Waals surface area contributed by atoms with E-state index in [1.54, 1.807) is 4.68 Å². The SMILES string of the molecule is Cc1cc(NC(=O)c2nn3c(c2Br)OCCC3)n(C2CCCC2)n1. The van der Waals surface area contributed by atoms with Crippen molar-refractivity contribution in [2.75, 3.05) is 11.9 Å². The highest BCUT2D eigenvalue weighted by Gasteiger charge is 2.27. The molecule has 3 heterocycles. The van der Waals surface area contributed by atoms with E-state index in [-0.39, 0.29) is 5.91 Å². The van der Waals surface area contributed by atoms with E-state index in [0.717, 1.165) is 37.3 Å². The molecule has 0 bridgehead atoms. The van der Waals surface area contributed by atoms with E-state index >= 15 is 0 Å². The normalized spacial score (nSPS) is 17.6. The monoisotopic (exact) mass is 393 g/mol. The van der Waals surface area contributed by atoms with E-state index in [2.05, 4.69) is 31.4 Å². The van der Waals surface area contributed by atoms with Gasteiger partial charge >= 0.3 is 0 Å². The fourth-order valence-corrected chi connectivity index (χ4v) is 4.03. The van der Waals surface area contributed by atoms with Crippen LogP contribution < -0.4 is 10.1 Å². The number of hydrogen-bond acceptors (Lipinski definition) is 4. The average molecular weight is 394 g/mol. The molecule has 0 radical (unpaired) electrons. The highest BCUT2D eigenvalue weighted by atomic mass is 79.9. The van der Waals surface area contributed by atoms with Crippen molar-refractivity contribution < 1.29 is 9.53 Å². The minimum Gasteiger partial charge on any atom is -0.477 e. The fourth-order valence-electron chi connectivity index (χ4n) is 3.46. The summed E-state index contributed by atoms with van der Waals surface area (Å²) in [6.45, 7) is 3.36. The van der Waals surface area contributed by atoms with Gasteiger partial charge in [0.1, 0.15) is 10.3 Å². The summed E-state index contributed by atoms with van der Waals surface area (Å²) in [5, 5.41) is 11.9. The van der Waals surface area contributed by atoms with Gasteiger partial charge in [-0.05, 0) is 35.7 Å². The predicted molar refractivity (Wildman–Crippen MR) is 92.5 cm³/mol. The lowest BCUT2D eigenvalue weighted by molar-refractivity contribution is 0.101. The molecule has 1 aliphatic heterocycles. The van der Waals surface area contributed by atoms with Crippen LogP contribution in [0.4, 0.5) is 5.82 Å². The number of amides is 1. The summed E-state index contributed by atoms with van der Waals surface area (Å²) >= 11 is 3.45. The number of nitrogens with one attached hydrogen (secondary N) is 1. The number of anilines is 1. The summed E-state index contributed by atoms with van der Waals surface area (Å²) in [4.78, 5) is 12.7. The molecule has 128 valence electrons. The van der Waals surface area contributed by atoms with Crippen molar-refractivity contribution in [1.82, 2.24) is 19.6 Å². The van der Waals surface area contributed by atoms with E-state index in [9.17, 15) is 4.79 Å². The summed E-state index contributed by atoms with van der Waals surface area (Å²) in [5.74, 6) is 1.13. The van der Waals surface area contributed by atoms with Crippen molar-refractivity contribution in [3.63, 3.8) is 0 Å². The maximum absolute atomic E-state index is 12.7. The molecule has 2 aromatic heterocycles. The Morgan fingerprint density at radius 3 is 2.88 bits per heavy atom. The molecule has 2 aromatic rings. The number of fused-ring (bicyclic) bond motifs is 1. The topological polar surface area (TPSA) is 74.0 Å². The Balaban J connectivity index is 1.60. The first kappa shape index (κ1) is 15.7. The second-order valence-corrected chi connectivity index (χ2v) is 7.19. The standard InChI is InChI=1S/C16H20BrN5O2/c1-10-9-12(22(19-10)11-5-2-3-6-11)18-15(23)14-13(17)16-21(20-14)7-4-8-24-16/h9,11H,2-8H2,1H3,(H,18,23). The zero-order valence-electron chi connectivity index (χ0n) is 13.6. The van der Waals surface area contributed by atoms with Crippen LogP contribution in [-0.2, 0) is 6.54 Å². The van der Waals surface area contributed by atoms with Crippen LogP contribution in [0.5, 0.6) is 5.88 Å². The van der Waals surface area contributed by atoms with Crippen LogP contribution in [0.25, 0.3) is 0 Å². The molecule has 7 nitrogen and oxygen atoms in total. The molecule has 0 aromatic carbocycles. The van der Waals surface area contributed by atoms with Crippen LogP contribution in [0.3, 0.4) is 0 Å². The van der Waals surface area contributed by atoms with Gasteiger partial charge in [0.15, 0.2) is 5.69 Å². The van der Waals surface area contributed by atoms with Gasteiger partial charge < -0.3 is 10.1 Å². The molecule has 4 rings (SSSR count). The van der Waals surface area contributed by atoms with Gasteiger partial charge in [0.2, 0.25) is 5.88 Å². The number of ether oxygens (including phenoxy) is 1. The molecule has 1 fully saturated rings. The van der Waals surface area contributed by atoms with Crippen LogP contribution in [-0.4, -0.2) is 32.1 Å². The quantitative estimate of drug-likeness (QED) is 0.867. The van der Waals surface area contributed by atoms with Crippen LogP contribution >= 0.6 is 15.9 Å². The number of hydrogen-bond donors (Lipinski definition) is 1. The Bertz CT molecular complexity index is 776. The third-order valence-corrected chi connectivity index (χ3v) is 5.30. The highest BCUT2D eigenvalue weighted by molar-refractivity contribution is 9.10. The molecule has 2 aliphatic rings. The summed E-state index contributed by atoms with van der Waals surface area (Å²) in [6, 6.07) is 2.28. The molecule has 8 heteroatoms. The Hall–Kier alpha value is -1.83. The Kier molecular flexibility index (Phi) is 4.07. The third-order valence-electron chi connectivity index (χ3n) is 4.59. The Morgan fingerprint density at radius 1 is 1.33 bits per heavy atom. The fraction of sp³-hybridized carbons (Fsp3) is 0.562. The smallest absolute Gasteiger partial charge is 0.278 e. The van der Waals surface area contributed by atoms with Crippen molar-refractivity contribution in [3.8, 4) is 5.88 Å². The molecule has 1 N–H and O–H groups in total. The molecule has 1 saturated carbocycles. The maximum atomic E-state index is 12.7. The first-order valence-electron chi connectivity index (χ1n) is 8.40. The maximum Gasteiger partial charge on any atom is 0.278 e. The Labute approximate surface area is 148 Å². The molecule has 24 heavy (non-hydrogen) atoms. The van der Waals surface area contributed by atoms with Crippen molar-refractivity contribution in [2.24, 2.45) is 0 Å². The zero-order valence-corrected chi connectivity index (χ0v) is 15.2. The van der Waals surface area contributed by atoms with Crippen molar-refractivity contribution in [3.05, 3.63) is 21.9 Å². The van der Waals surface area contributed by atoms with Gasteiger partial charge in [-0.3, -0.25) is 4.79 Å². The number of rotatable bonds is 3. The zero-order chi connectivity index (χ0) is 16.7. The van der Waals surface area contributed by atoms with E-state index < -0.39 is 0 Å². The van der Waals surface area contributed by atoms with Crippen molar-refractivity contribution in [2.45, 2.75) is 51.6 Å². The summed E-state index contributed by atoms with van der Waals surface area (Å²) in [7, 11) is 0. The second-order valence-electron chi connectivity index (χ2n) is 6.40. The highest BCUT2D eigenvalue weighted by Crippen LogP contribution is 2.34. The van der Waals surface area contributed by atoms with Gasteiger partial charge in [0.05, 0.1) is 18.3 Å². The lowest BCUT2D eigenvalue weighted by atomic mass is 10.2. The molecule has 0 atom stereocenters. The lowest BCUT2D eigenvalue weighted by Gasteiger charge is -2.14. The predicted octanol–water partition coefficient (Wildman–Crippen LogP) is 3.30. The number of halogens is 1. The molecular weight excluding hydrogens is 374 g/mol. The minimum absolute atomic E-state index is 0.244. The van der Waals surface area contributed by atoms with Crippen molar-refractivity contribution >= 4 is 27.7 Å². The summed E-state index contributed by atoms with van der Waals surface area (Å²) in [5.41, 5.74) is 1.26. The van der Waals surface area contributed by atoms with Crippen LogP contribution in [0, 0.1) is 6.92 Å². The van der Waals surface area contributed by atoms with Gasteiger partial charge in [-0.25, -0.2) is 9.36 Å². The van der Waals surface area contributed by atoms with Gasteiger partial charge in [0, 0.05) is 19.0 Å². The van der Waals surface area contributed by atoms with Gasteiger partial charge in [-0.15, -0.1) is 0 Å². The first-order chi connectivity index (χ1) is 11.6. The molecule has 0 unspecified atom stereocenters. The molecular formula is C16H20BrN5O2. The summed E-state index contributed by atoms with van der Waals surface area (Å²) < 4.78 is 9.91. The number of nitrogens with zero attached hydrogens (tertiary/aromatic N) is 4. The van der Waals surface area contributed by atoms with Gasteiger partial charge in [-0.1, -0.05) is 12.8 Å². The van der Waals surface area contributed by atoms with Crippen LogP contribution in [0.2, 0.25) is 0 Å². The minimum atomic E-state index is -0.244. The van der Waals surface area contributed by atoms with E-state index in [1.165, 1.54) is 12.8 Å². The largest absolute Gasteiger partial charge is 0.477 e. The van der Waals surface area contributed by atoms with Gasteiger partial charge in [-0.2, -0.15) is 10.2 Å². The van der Waals surface area contributed by atoms with E-state index in [0.29, 0.717) is 28.7 Å². The van der Waals surface area contributed by atoms with Crippen LogP contribution in [0.15, 0.2) is 10.5 Å². The van der Waals surface area contributed by atoms with E-state index in [4.69, 9.17) is 4.74 Å². The molecule has 0 saturated heterocycles. The summed E-state index contributed by atoms with van der Waals surface area (Å²) in [6.07, 6.45) is 5.55. The number of aryl methyl sites for hydroxylation is 2. The second kappa shape index (κ2) is 6.23. The van der Waals surface area contributed by atoms with Gasteiger partial charge in [0.25, 0.3) is 5.91 Å². The number of aromatic nitrogens is 4. The lowest BCUT2D eigenvalue weighted by Crippen LogP contribution is -2.19. The van der Waals surface area contributed by atoms with Crippen molar-refractivity contribution in [1.29, 1.82) is 0 Å². The molecule has 1 aliphatic carbocycles. The van der Waals surface area contributed by atoms with E-state index in [1.807, 2.05) is 17.7 Å². The number of carbonyl (C=O) groups excluding carboxylic acids is 1. The van der Waals surface area contributed by atoms with Crippen LogP contribution in [0.1, 0.15) is 54.3 Å². The first-order valence-corrected chi connectivity index (χ1v) is 9.19. The average Bonchev–Trinajstić information content (AvgIpc) is 3.27. The molecule has 1 amide bonds. The third kappa shape index (κ3) is 2.72. The molecule has 0 spiro atoms. The number of carbonyl (C=O) groups is 1.